The van der Waals surface area contributed by atoms with Crippen LogP contribution in [-0.4, -0.2) is 4.92 Å². The van der Waals surface area contributed by atoms with Gasteiger partial charge in [-0.05, 0) is 0 Å². The molecule has 0 N–H and O–H groups in total. The van der Waals surface area contributed by atoms with Crippen LogP contribution in [0.15, 0.2) is 6.07 Å². The number of nitrogens with zero attached hydrogens (tertiary/aromatic N) is 1. The molecule has 1 aromatic carbocycles. The fourth-order valence-corrected chi connectivity index (χ4v) is 0.917. The minimum absolute atomic E-state index is 0. The fourth-order valence-electron chi connectivity index (χ4n) is 0.917. The molecule has 0 aliphatic carbocycles. The summed E-state index contributed by atoms with van der Waals surface area (Å²) in [6, 6.07) is 4.01. The maximum Gasteiger partial charge on any atom is 0.200 e. The van der Waals surface area contributed by atoms with Crippen molar-refractivity contribution >= 4 is 5.69 Å². The van der Waals surface area contributed by atoms with Crippen molar-refractivity contribution in [1.29, 1.82) is 0 Å². The van der Waals surface area contributed by atoms with E-state index in [1.807, 2.05) is 0 Å². The fraction of sp³-hybridized carbons (Fsp3) is 0.250. The van der Waals surface area contributed by atoms with Gasteiger partial charge in [0.05, 0.1) is 5.82 Å². The quantitative estimate of drug-likeness (QED) is 0.439. The third-order valence-electron chi connectivity index (χ3n) is 1.60. The Balaban J connectivity index is 0.00000144. The van der Waals surface area contributed by atoms with E-state index in [-0.39, 0.29) is 43.8 Å². The molecule has 0 fully saturated rings. The monoisotopic (exact) mass is 257 g/mol. The Bertz CT molecular complexity index is 341. The predicted octanol–water partition coefficient (Wildman–Crippen LogP) is 2.15. The molecule has 1 radical (unpaired) electrons. The van der Waals surface area contributed by atoms with Gasteiger partial charge in [-0.2, -0.15) is 12.1 Å². The Kier molecular flexibility index (Phi) is 4.64. The van der Waals surface area contributed by atoms with Crippen LogP contribution in [0.1, 0.15) is 11.1 Å². The average molecular weight is 257 g/mol. The smallest absolute Gasteiger partial charge is 0.200 e. The number of rotatable bonds is 1. The largest absolute Gasteiger partial charge is 0.270 e. The topological polar surface area (TPSA) is 43.1 Å². The number of hydrogen-bond acceptors (Lipinski definition) is 2. The summed E-state index contributed by atoms with van der Waals surface area (Å²) in [5.41, 5.74) is -0.00889. The van der Waals surface area contributed by atoms with Gasteiger partial charge in [0.25, 0.3) is 0 Å². The van der Waals surface area contributed by atoms with Crippen LogP contribution in [0.25, 0.3) is 0 Å². The van der Waals surface area contributed by atoms with E-state index in [1.54, 1.807) is 0 Å². The second kappa shape index (κ2) is 4.77. The Labute approximate surface area is 100 Å². The molecular weight excluding hydrogens is 250 g/mol. The van der Waals surface area contributed by atoms with Crippen LogP contribution in [0.2, 0.25) is 0 Å². The summed E-state index contributed by atoms with van der Waals surface area (Å²) >= 11 is 0. The number of benzene rings is 1. The minimum atomic E-state index is -0.767. The average Bonchev–Trinajstić information content (AvgIpc) is 1.97. The molecule has 67 valence electrons. The summed E-state index contributed by atoms with van der Waals surface area (Å²) in [6.45, 7) is 2.93. The minimum Gasteiger partial charge on any atom is -0.270 e. The number of aryl methyl sites for hydroxylation is 2. The first-order valence-electron chi connectivity index (χ1n) is 3.36. The van der Waals surface area contributed by atoms with E-state index in [1.165, 1.54) is 19.9 Å². The molecule has 0 spiro atoms. The van der Waals surface area contributed by atoms with Gasteiger partial charge in [0, 0.05) is 37.6 Å². The Morgan fingerprint density at radius 3 is 2.46 bits per heavy atom. The van der Waals surface area contributed by atoms with E-state index < -0.39 is 16.4 Å². The Morgan fingerprint density at radius 1 is 1.54 bits per heavy atom. The van der Waals surface area contributed by atoms with Crippen LogP contribution in [0.4, 0.5) is 10.1 Å². The van der Waals surface area contributed by atoms with Crippen molar-refractivity contribution in [3.05, 3.63) is 39.2 Å². The molecule has 0 aromatic heterocycles. The van der Waals surface area contributed by atoms with Crippen molar-refractivity contribution in [2.45, 2.75) is 13.8 Å². The van der Waals surface area contributed by atoms with Gasteiger partial charge in [0.2, 0.25) is 5.69 Å². The van der Waals surface area contributed by atoms with Crippen molar-refractivity contribution in [3.8, 4) is 0 Å². The maximum absolute atomic E-state index is 13.1. The van der Waals surface area contributed by atoms with E-state index in [0.29, 0.717) is 0 Å². The van der Waals surface area contributed by atoms with Crippen LogP contribution in [0.3, 0.4) is 0 Å². The van der Waals surface area contributed by atoms with Gasteiger partial charge in [-0.25, -0.2) is 4.39 Å². The SMILES string of the molecule is Cc1[c-]cc(C)c(F)c1[N+](=O)[O-].[Y]. The van der Waals surface area contributed by atoms with Gasteiger partial charge in [-0.1, -0.05) is 19.4 Å². The first-order valence-corrected chi connectivity index (χ1v) is 3.36. The molecule has 0 aliphatic heterocycles. The first kappa shape index (κ1) is 12.7. The molecule has 3 nitrogen and oxygen atoms in total. The van der Waals surface area contributed by atoms with Crippen molar-refractivity contribution < 1.29 is 42.0 Å². The second-order valence-electron chi connectivity index (χ2n) is 2.52. The zero-order valence-electron chi connectivity index (χ0n) is 7.30. The molecule has 0 saturated heterocycles. The van der Waals surface area contributed by atoms with Crippen LogP contribution in [-0.2, 0) is 32.7 Å². The van der Waals surface area contributed by atoms with E-state index >= 15 is 0 Å². The van der Waals surface area contributed by atoms with Gasteiger partial charge < -0.3 is 0 Å². The molecular formula is C8H7FNO2Y-. The summed E-state index contributed by atoms with van der Waals surface area (Å²) in [5, 5.41) is 10.3. The third kappa shape index (κ3) is 2.55. The molecule has 0 aliphatic rings. The van der Waals surface area contributed by atoms with Crippen molar-refractivity contribution in [2.75, 3.05) is 0 Å². The van der Waals surface area contributed by atoms with E-state index in [2.05, 4.69) is 6.07 Å². The summed E-state index contributed by atoms with van der Waals surface area (Å²) in [4.78, 5) is 9.61. The predicted molar refractivity (Wildman–Crippen MR) is 41.4 cm³/mol. The van der Waals surface area contributed by atoms with Gasteiger partial charge in [-0.3, -0.25) is 10.1 Å². The zero-order valence-corrected chi connectivity index (χ0v) is 10.1. The number of nitro benzene ring substituents is 1. The van der Waals surface area contributed by atoms with Crippen LogP contribution < -0.4 is 0 Å². The molecule has 0 saturated carbocycles. The van der Waals surface area contributed by atoms with Crippen LogP contribution in [0, 0.1) is 35.8 Å². The Hall–Kier alpha value is -0.346. The first-order chi connectivity index (χ1) is 5.54. The number of halogens is 1. The molecule has 1 rings (SSSR count). The maximum atomic E-state index is 13.1. The summed E-state index contributed by atoms with van der Waals surface area (Å²) in [7, 11) is 0. The zero-order chi connectivity index (χ0) is 9.30. The molecule has 0 heterocycles. The standard InChI is InChI=1S/C8H7FNO2.Y/c1-5-3-4-6(2)8(7(5)9)10(11)12;/h3H,1-2H3;/q-1;. The molecule has 1 aromatic rings. The molecule has 0 bridgehead atoms. The number of hydrogen-bond donors (Lipinski definition) is 0. The summed E-state index contributed by atoms with van der Waals surface area (Å²) in [5.74, 6) is -0.767. The van der Waals surface area contributed by atoms with Gasteiger partial charge in [0.15, 0.2) is 0 Å². The van der Waals surface area contributed by atoms with Gasteiger partial charge in [-0.15, -0.1) is 5.56 Å². The van der Waals surface area contributed by atoms with E-state index in [0.717, 1.165) is 0 Å². The summed E-state index contributed by atoms with van der Waals surface area (Å²) < 4.78 is 13.1. The molecule has 0 atom stereocenters. The number of nitro groups is 1. The third-order valence-corrected chi connectivity index (χ3v) is 1.60. The van der Waals surface area contributed by atoms with E-state index in [9.17, 15) is 14.5 Å². The van der Waals surface area contributed by atoms with Crippen molar-refractivity contribution in [2.24, 2.45) is 0 Å². The van der Waals surface area contributed by atoms with Crippen LogP contribution >= 0.6 is 0 Å². The van der Waals surface area contributed by atoms with Gasteiger partial charge >= 0.3 is 0 Å². The molecule has 5 heteroatoms. The second-order valence-corrected chi connectivity index (χ2v) is 2.52. The van der Waals surface area contributed by atoms with Crippen LogP contribution in [0.5, 0.6) is 0 Å². The molecule has 0 amide bonds. The molecule has 13 heavy (non-hydrogen) atoms. The summed E-state index contributed by atoms with van der Waals surface area (Å²) in [6.07, 6.45) is 0. The normalized spacial score (nSPS) is 9.15. The van der Waals surface area contributed by atoms with Gasteiger partial charge in [0.1, 0.15) is 0 Å². The Morgan fingerprint density at radius 2 is 2.08 bits per heavy atom. The van der Waals surface area contributed by atoms with Crippen molar-refractivity contribution in [1.82, 2.24) is 0 Å². The molecule has 0 unspecified atom stereocenters. The van der Waals surface area contributed by atoms with Crippen molar-refractivity contribution in [3.63, 3.8) is 0 Å². The van der Waals surface area contributed by atoms with E-state index in [4.69, 9.17) is 0 Å².